The molecule has 11 nitrogen and oxygen atoms in total. The fourth-order valence-corrected chi connectivity index (χ4v) is 4.68. The van der Waals surface area contributed by atoms with Gasteiger partial charge in [0.25, 0.3) is 0 Å². The van der Waals surface area contributed by atoms with Crippen molar-refractivity contribution in [1.29, 1.82) is 0 Å². The number of hydrogen-bond donors (Lipinski definition) is 2. The van der Waals surface area contributed by atoms with Gasteiger partial charge in [0.05, 0.1) is 30.4 Å². The number of aliphatic carboxylic acids is 1. The molecule has 0 radical (unpaired) electrons. The molecule has 0 aliphatic heterocycles. The summed E-state index contributed by atoms with van der Waals surface area (Å²) in [6, 6.07) is 7.46. The third-order valence-electron chi connectivity index (χ3n) is 6.71. The van der Waals surface area contributed by atoms with Crippen LogP contribution in [-0.4, -0.2) is 52.4 Å². The molecular weight excluding hydrogens is 472 g/mol. The molecule has 0 spiro atoms. The van der Waals surface area contributed by atoms with Crippen LogP contribution in [0.5, 0.6) is 5.75 Å². The molecule has 1 aliphatic rings. The number of carboxylic acid groups (broad SMARTS) is 1. The third-order valence-corrected chi connectivity index (χ3v) is 6.71. The van der Waals surface area contributed by atoms with Crippen LogP contribution >= 0.6 is 0 Å². The number of rotatable bonds is 12. The van der Waals surface area contributed by atoms with Gasteiger partial charge >= 0.3 is 5.97 Å². The summed E-state index contributed by atoms with van der Waals surface area (Å²) in [5.74, 6) is 1.19. The average Bonchev–Trinajstić information content (AvgIpc) is 3.55. The van der Waals surface area contributed by atoms with Gasteiger partial charge in [-0.05, 0) is 49.4 Å². The number of anilines is 2. The highest BCUT2D eigenvalue weighted by Gasteiger charge is 2.14. The van der Waals surface area contributed by atoms with Gasteiger partial charge in [0, 0.05) is 19.2 Å². The molecule has 3 heterocycles. The highest BCUT2D eigenvalue weighted by Crippen LogP contribution is 2.27. The van der Waals surface area contributed by atoms with Gasteiger partial charge in [-0.15, -0.1) is 5.10 Å². The van der Waals surface area contributed by atoms with E-state index in [1.807, 2.05) is 35.1 Å². The molecule has 0 unspecified atom stereocenters. The first-order valence-corrected chi connectivity index (χ1v) is 13.0. The van der Waals surface area contributed by atoms with Crippen molar-refractivity contribution in [2.24, 2.45) is 5.92 Å². The van der Waals surface area contributed by atoms with Crippen LogP contribution in [0.2, 0.25) is 0 Å². The number of aromatic nitrogens is 7. The Hall–Kier alpha value is -4.02. The van der Waals surface area contributed by atoms with Gasteiger partial charge in [-0.1, -0.05) is 37.3 Å². The van der Waals surface area contributed by atoms with Crippen LogP contribution in [0.15, 0.2) is 42.9 Å². The second-order valence-corrected chi connectivity index (χ2v) is 9.51. The molecule has 1 aliphatic carbocycles. The summed E-state index contributed by atoms with van der Waals surface area (Å²) in [7, 11) is 0. The Morgan fingerprint density at radius 3 is 2.76 bits per heavy atom. The molecule has 37 heavy (non-hydrogen) atoms. The smallest absolute Gasteiger partial charge is 0.303 e. The van der Waals surface area contributed by atoms with E-state index in [1.54, 1.807) is 17.1 Å². The minimum absolute atomic E-state index is 0.156. The number of carboxylic acids is 1. The lowest BCUT2D eigenvalue weighted by Crippen LogP contribution is -2.10. The van der Waals surface area contributed by atoms with E-state index in [-0.39, 0.29) is 6.42 Å². The van der Waals surface area contributed by atoms with Gasteiger partial charge in [-0.2, -0.15) is 14.8 Å². The van der Waals surface area contributed by atoms with Crippen molar-refractivity contribution in [2.45, 2.75) is 64.3 Å². The number of hydrogen-bond acceptors (Lipinski definition) is 8. The van der Waals surface area contributed by atoms with Crippen LogP contribution < -0.4 is 10.1 Å². The zero-order valence-electron chi connectivity index (χ0n) is 20.8. The molecule has 2 N–H and O–H groups in total. The molecule has 4 aromatic rings. The average molecular weight is 505 g/mol. The van der Waals surface area contributed by atoms with E-state index in [1.165, 1.54) is 38.5 Å². The minimum atomic E-state index is -0.786. The maximum Gasteiger partial charge on any atom is 0.303 e. The van der Waals surface area contributed by atoms with Crippen LogP contribution in [-0.2, 0) is 11.3 Å². The predicted molar refractivity (Wildman–Crippen MR) is 138 cm³/mol. The van der Waals surface area contributed by atoms with E-state index >= 15 is 0 Å². The SMILES string of the molecule is O=C(O)CCCCOc1ccc(-n2nnc3cnc(Nc4cnn(CCC5CCCCC5)c4)nc32)cc1. The van der Waals surface area contributed by atoms with Crippen molar-refractivity contribution >= 4 is 28.8 Å². The molecule has 1 fully saturated rings. The molecule has 0 atom stereocenters. The first-order valence-electron chi connectivity index (χ1n) is 13.0. The molecule has 1 aromatic carbocycles. The monoisotopic (exact) mass is 504 g/mol. The zero-order valence-corrected chi connectivity index (χ0v) is 20.8. The Bertz CT molecular complexity index is 1310. The minimum Gasteiger partial charge on any atom is -0.494 e. The third kappa shape index (κ3) is 6.60. The van der Waals surface area contributed by atoms with Crippen LogP contribution in [0.4, 0.5) is 11.6 Å². The van der Waals surface area contributed by atoms with Crippen molar-refractivity contribution in [3.05, 3.63) is 42.9 Å². The van der Waals surface area contributed by atoms with Gasteiger partial charge in [-0.3, -0.25) is 9.48 Å². The number of nitrogens with zero attached hydrogens (tertiary/aromatic N) is 7. The standard InChI is InChI=1S/C26H32N8O3/c35-24(36)8-4-5-15-37-22-11-9-21(10-12-22)34-25-23(31-32-34)17-27-26(30-25)29-20-16-28-33(18-20)14-13-19-6-2-1-3-7-19/h9-12,16-19H,1-8,13-15H2,(H,35,36)(H,27,29,30). The lowest BCUT2D eigenvalue weighted by molar-refractivity contribution is -0.137. The normalized spacial score (nSPS) is 14.2. The van der Waals surface area contributed by atoms with Crippen molar-refractivity contribution in [3.8, 4) is 11.4 Å². The second kappa shape index (κ2) is 11.8. The van der Waals surface area contributed by atoms with Crippen LogP contribution in [0.1, 0.15) is 57.8 Å². The summed E-state index contributed by atoms with van der Waals surface area (Å²) >= 11 is 0. The van der Waals surface area contributed by atoms with E-state index in [9.17, 15) is 4.79 Å². The molecule has 11 heteroatoms. The molecule has 0 amide bonds. The zero-order chi connectivity index (χ0) is 25.5. The maximum absolute atomic E-state index is 10.6. The van der Waals surface area contributed by atoms with Gasteiger partial charge in [0.2, 0.25) is 5.95 Å². The number of aryl methyl sites for hydroxylation is 1. The Morgan fingerprint density at radius 2 is 1.95 bits per heavy atom. The number of ether oxygens (including phenoxy) is 1. The lowest BCUT2D eigenvalue weighted by atomic mass is 9.87. The van der Waals surface area contributed by atoms with Crippen molar-refractivity contribution < 1.29 is 14.6 Å². The summed E-state index contributed by atoms with van der Waals surface area (Å²) in [5.41, 5.74) is 2.81. The number of nitrogens with one attached hydrogen (secondary N) is 1. The Morgan fingerprint density at radius 1 is 1.11 bits per heavy atom. The van der Waals surface area contributed by atoms with Crippen LogP contribution in [0, 0.1) is 5.92 Å². The van der Waals surface area contributed by atoms with Crippen LogP contribution in [0.25, 0.3) is 16.9 Å². The Labute approximate surface area is 214 Å². The molecule has 0 bridgehead atoms. The number of carbonyl (C=O) groups is 1. The molecule has 3 aromatic heterocycles. The Balaban J connectivity index is 1.20. The fraction of sp³-hybridized carbons (Fsp3) is 0.462. The molecule has 194 valence electrons. The topological polar surface area (TPSA) is 133 Å². The largest absolute Gasteiger partial charge is 0.494 e. The van der Waals surface area contributed by atoms with Gasteiger partial charge in [0.15, 0.2) is 11.2 Å². The molecule has 0 saturated heterocycles. The van der Waals surface area contributed by atoms with Crippen LogP contribution in [0.3, 0.4) is 0 Å². The summed E-state index contributed by atoms with van der Waals surface area (Å²) in [5, 5.41) is 24.9. The molecule has 5 rings (SSSR count). The van der Waals surface area contributed by atoms with E-state index < -0.39 is 5.97 Å². The summed E-state index contributed by atoms with van der Waals surface area (Å²) in [6.45, 7) is 1.39. The number of fused-ring (bicyclic) bond motifs is 1. The van der Waals surface area contributed by atoms with E-state index in [2.05, 4.69) is 30.7 Å². The molecule has 1 saturated carbocycles. The Kier molecular flexibility index (Phi) is 7.87. The lowest BCUT2D eigenvalue weighted by Gasteiger charge is -2.21. The summed E-state index contributed by atoms with van der Waals surface area (Å²) in [4.78, 5) is 19.6. The quantitative estimate of drug-likeness (QED) is 0.262. The van der Waals surface area contributed by atoms with Gasteiger partial charge in [-0.25, -0.2) is 4.98 Å². The van der Waals surface area contributed by atoms with E-state index in [4.69, 9.17) is 9.84 Å². The second-order valence-electron chi connectivity index (χ2n) is 9.51. The maximum atomic E-state index is 10.6. The summed E-state index contributed by atoms with van der Waals surface area (Å²) < 4.78 is 9.35. The first kappa shape index (κ1) is 24.7. The van der Waals surface area contributed by atoms with E-state index in [0.29, 0.717) is 42.3 Å². The fourth-order valence-electron chi connectivity index (χ4n) is 4.68. The highest BCUT2D eigenvalue weighted by molar-refractivity contribution is 5.72. The highest BCUT2D eigenvalue weighted by atomic mass is 16.5. The van der Waals surface area contributed by atoms with Gasteiger partial charge < -0.3 is 15.2 Å². The van der Waals surface area contributed by atoms with Crippen molar-refractivity contribution in [2.75, 3.05) is 11.9 Å². The van der Waals surface area contributed by atoms with E-state index in [0.717, 1.165) is 23.8 Å². The first-order chi connectivity index (χ1) is 18.1. The molecular formula is C26H32N8O3. The van der Waals surface area contributed by atoms with Crippen molar-refractivity contribution in [1.82, 2.24) is 34.7 Å². The van der Waals surface area contributed by atoms with Crippen molar-refractivity contribution in [3.63, 3.8) is 0 Å². The summed E-state index contributed by atoms with van der Waals surface area (Å²) in [6.07, 6.45) is 14.8. The predicted octanol–water partition coefficient (Wildman–Crippen LogP) is 4.75. The number of benzene rings is 1. The number of unbranched alkanes of at least 4 members (excludes halogenated alkanes) is 1. The van der Waals surface area contributed by atoms with Gasteiger partial charge in [0.1, 0.15) is 5.75 Å².